The topological polar surface area (TPSA) is 78.4 Å². The zero-order valence-electron chi connectivity index (χ0n) is 11.5. The van der Waals surface area contributed by atoms with Crippen LogP contribution in [0.2, 0.25) is 0 Å². The van der Waals surface area contributed by atoms with Gasteiger partial charge >= 0.3 is 12.0 Å². The molecule has 0 aliphatic heterocycles. The summed E-state index contributed by atoms with van der Waals surface area (Å²) in [4.78, 5) is 22.7. The lowest BCUT2D eigenvalue weighted by atomic mass is 10.1. The molecule has 1 aromatic carbocycles. The molecule has 2 amide bonds. The molecule has 5 nitrogen and oxygen atoms in total. The van der Waals surface area contributed by atoms with E-state index < -0.39 is 5.97 Å². The molecule has 0 fully saturated rings. The number of carbonyl (C=O) groups is 2. The molecule has 1 aromatic rings. The lowest BCUT2D eigenvalue weighted by molar-refractivity contribution is 0.0697. The Morgan fingerprint density at radius 3 is 2.42 bits per heavy atom. The minimum Gasteiger partial charge on any atom is -0.478 e. The third-order valence-corrected chi connectivity index (χ3v) is 3.05. The smallest absolute Gasteiger partial charge is 0.335 e. The molecule has 19 heavy (non-hydrogen) atoms. The number of amides is 2. The Morgan fingerprint density at radius 1 is 1.26 bits per heavy atom. The number of nitrogens with one attached hydrogen (secondary N) is 2. The largest absolute Gasteiger partial charge is 0.478 e. The van der Waals surface area contributed by atoms with E-state index in [2.05, 4.69) is 10.6 Å². The maximum atomic E-state index is 11.8. The number of hydrogen-bond donors (Lipinski definition) is 3. The molecule has 5 heteroatoms. The molecule has 104 valence electrons. The molecule has 0 aromatic heterocycles. The number of carboxylic acids is 1. The zero-order valence-corrected chi connectivity index (χ0v) is 11.5. The van der Waals surface area contributed by atoms with Crippen molar-refractivity contribution >= 4 is 17.7 Å². The number of anilines is 1. The molecule has 0 saturated heterocycles. The molecule has 3 N–H and O–H groups in total. The van der Waals surface area contributed by atoms with Crippen LogP contribution in [-0.2, 0) is 0 Å². The van der Waals surface area contributed by atoms with E-state index in [0.29, 0.717) is 5.69 Å². The van der Waals surface area contributed by atoms with Gasteiger partial charge in [-0.25, -0.2) is 9.59 Å². The van der Waals surface area contributed by atoms with Gasteiger partial charge < -0.3 is 15.7 Å². The Bertz CT molecular complexity index is 468. The van der Waals surface area contributed by atoms with Crippen LogP contribution in [0.4, 0.5) is 10.5 Å². The van der Waals surface area contributed by atoms with Crippen LogP contribution in [0.25, 0.3) is 0 Å². The van der Waals surface area contributed by atoms with Crippen molar-refractivity contribution < 1.29 is 14.7 Å². The summed E-state index contributed by atoms with van der Waals surface area (Å²) in [5.41, 5.74) is 1.50. The SMILES string of the molecule is CCC(CC)NC(=O)Nc1cc(C(=O)O)ccc1C. The summed E-state index contributed by atoms with van der Waals surface area (Å²) in [6.45, 7) is 5.83. The summed E-state index contributed by atoms with van der Waals surface area (Å²) in [5, 5.41) is 14.5. The Hall–Kier alpha value is -2.04. The van der Waals surface area contributed by atoms with E-state index in [1.54, 1.807) is 6.07 Å². The average molecular weight is 264 g/mol. The number of urea groups is 1. The number of carboxylic acid groups (broad SMARTS) is 1. The molecular formula is C14H20N2O3. The van der Waals surface area contributed by atoms with Gasteiger partial charge in [-0.1, -0.05) is 19.9 Å². The number of aryl methyl sites for hydroxylation is 1. The van der Waals surface area contributed by atoms with Crippen molar-refractivity contribution in [3.8, 4) is 0 Å². The van der Waals surface area contributed by atoms with Crippen LogP contribution in [-0.4, -0.2) is 23.1 Å². The van der Waals surface area contributed by atoms with Crippen molar-refractivity contribution in [2.24, 2.45) is 0 Å². The van der Waals surface area contributed by atoms with Crippen molar-refractivity contribution in [3.63, 3.8) is 0 Å². The van der Waals surface area contributed by atoms with Crippen LogP contribution < -0.4 is 10.6 Å². The molecule has 0 spiro atoms. The Balaban J connectivity index is 2.78. The third-order valence-electron chi connectivity index (χ3n) is 3.05. The second-order valence-corrected chi connectivity index (χ2v) is 4.45. The maximum Gasteiger partial charge on any atom is 0.335 e. The van der Waals surface area contributed by atoms with Crippen LogP contribution in [0.3, 0.4) is 0 Å². The maximum absolute atomic E-state index is 11.8. The monoisotopic (exact) mass is 264 g/mol. The van der Waals surface area contributed by atoms with Gasteiger partial charge in [-0.2, -0.15) is 0 Å². The van der Waals surface area contributed by atoms with Gasteiger partial charge in [0, 0.05) is 11.7 Å². The van der Waals surface area contributed by atoms with Gasteiger partial charge in [-0.3, -0.25) is 0 Å². The van der Waals surface area contributed by atoms with Crippen molar-refractivity contribution in [3.05, 3.63) is 29.3 Å². The highest BCUT2D eigenvalue weighted by atomic mass is 16.4. The first kappa shape index (κ1) is 15.0. The Kier molecular flexibility index (Phi) is 5.36. The average Bonchev–Trinajstić information content (AvgIpc) is 2.38. The van der Waals surface area contributed by atoms with Gasteiger partial charge in [-0.05, 0) is 37.5 Å². The fourth-order valence-corrected chi connectivity index (χ4v) is 1.73. The van der Waals surface area contributed by atoms with Crippen LogP contribution in [0.5, 0.6) is 0 Å². The number of rotatable bonds is 5. The van der Waals surface area contributed by atoms with E-state index in [1.807, 2.05) is 20.8 Å². The summed E-state index contributed by atoms with van der Waals surface area (Å²) in [7, 11) is 0. The van der Waals surface area contributed by atoms with E-state index in [-0.39, 0.29) is 17.6 Å². The molecule has 1 rings (SSSR count). The van der Waals surface area contributed by atoms with Gasteiger partial charge in [0.1, 0.15) is 0 Å². The first-order valence-electron chi connectivity index (χ1n) is 6.39. The summed E-state index contributed by atoms with van der Waals surface area (Å²) in [5.74, 6) is -1.01. The molecule has 0 aliphatic rings. The summed E-state index contributed by atoms with van der Waals surface area (Å²) < 4.78 is 0. The van der Waals surface area contributed by atoms with Gasteiger partial charge in [0.05, 0.1) is 5.56 Å². The second-order valence-electron chi connectivity index (χ2n) is 4.45. The van der Waals surface area contributed by atoms with Crippen molar-refractivity contribution in [2.45, 2.75) is 39.7 Å². The van der Waals surface area contributed by atoms with Gasteiger partial charge in [0.2, 0.25) is 0 Å². The molecule has 0 aliphatic carbocycles. The molecule has 0 bridgehead atoms. The lowest BCUT2D eigenvalue weighted by Gasteiger charge is -2.16. The van der Waals surface area contributed by atoms with E-state index in [4.69, 9.17) is 5.11 Å². The highest BCUT2D eigenvalue weighted by molar-refractivity contribution is 5.94. The quantitative estimate of drug-likeness (QED) is 0.765. The first-order valence-corrected chi connectivity index (χ1v) is 6.39. The van der Waals surface area contributed by atoms with Crippen molar-refractivity contribution in [2.75, 3.05) is 5.32 Å². The molecule has 0 unspecified atom stereocenters. The lowest BCUT2D eigenvalue weighted by Crippen LogP contribution is -2.37. The van der Waals surface area contributed by atoms with E-state index >= 15 is 0 Å². The van der Waals surface area contributed by atoms with Crippen molar-refractivity contribution in [1.29, 1.82) is 0 Å². The highest BCUT2D eigenvalue weighted by Gasteiger charge is 2.11. The van der Waals surface area contributed by atoms with Crippen LogP contribution in [0.1, 0.15) is 42.6 Å². The van der Waals surface area contributed by atoms with Gasteiger partial charge in [-0.15, -0.1) is 0 Å². The van der Waals surface area contributed by atoms with Crippen LogP contribution in [0, 0.1) is 6.92 Å². The van der Waals surface area contributed by atoms with Crippen LogP contribution in [0.15, 0.2) is 18.2 Å². The number of benzene rings is 1. The van der Waals surface area contributed by atoms with E-state index in [9.17, 15) is 9.59 Å². The molecule has 0 heterocycles. The first-order chi connectivity index (χ1) is 8.97. The zero-order chi connectivity index (χ0) is 14.4. The normalized spacial score (nSPS) is 10.3. The molecular weight excluding hydrogens is 244 g/mol. The van der Waals surface area contributed by atoms with Crippen LogP contribution >= 0.6 is 0 Å². The second kappa shape index (κ2) is 6.78. The fraction of sp³-hybridized carbons (Fsp3) is 0.429. The predicted molar refractivity (Wildman–Crippen MR) is 74.7 cm³/mol. The molecule has 0 atom stereocenters. The molecule has 0 saturated carbocycles. The predicted octanol–water partition coefficient (Wildman–Crippen LogP) is 3.00. The minimum atomic E-state index is -1.01. The number of carbonyl (C=O) groups excluding carboxylic acids is 1. The summed E-state index contributed by atoms with van der Waals surface area (Å²) >= 11 is 0. The Labute approximate surface area is 113 Å². The van der Waals surface area contributed by atoms with Gasteiger partial charge in [0.25, 0.3) is 0 Å². The standard InChI is InChI=1S/C14H20N2O3/c1-4-11(5-2)15-14(19)16-12-8-10(13(17)18)7-6-9(12)3/h6-8,11H,4-5H2,1-3H3,(H,17,18)(H2,15,16,19). The minimum absolute atomic E-state index is 0.128. The van der Waals surface area contributed by atoms with E-state index in [0.717, 1.165) is 18.4 Å². The van der Waals surface area contributed by atoms with Crippen molar-refractivity contribution in [1.82, 2.24) is 5.32 Å². The number of aromatic carboxylic acids is 1. The number of hydrogen-bond acceptors (Lipinski definition) is 2. The fourth-order valence-electron chi connectivity index (χ4n) is 1.73. The third kappa shape index (κ3) is 4.28. The summed E-state index contributed by atoms with van der Waals surface area (Å²) in [6.07, 6.45) is 1.72. The summed E-state index contributed by atoms with van der Waals surface area (Å²) in [6, 6.07) is 4.48. The highest BCUT2D eigenvalue weighted by Crippen LogP contribution is 2.17. The Morgan fingerprint density at radius 2 is 1.89 bits per heavy atom. The molecule has 0 radical (unpaired) electrons. The van der Waals surface area contributed by atoms with Gasteiger partial charge in [0.15, 0.2) is 0 Å². The van der Waals surface area contributed by atoms with E-state index in [1.165, 1.54) is 12.1 Å².